The summed E-state index contributed by atoms with van der Waals surface area (Å²) in [4.78, 5) is 34.6. The highest BCUT2D eigenvalue weighted by Crippen LogP contribution is 2.46. The Kier molecular flexibility index (Phi) is 7.24. The molecule has 3 unspecified atom stereocenters. The molecule has 0 radical (unpaired) electrons. The number of carbonyl (C=O) groups excluding carboxylic acids is 3. The van der Waals surface area contributed by atoms with E-state index in [-0.39, 0.29) is 35.5 Å². The fourth-order valence-corrected chi connectivity index (χ4v) is 4.06. The number of cyclic esters (lactones) is 2. The minimum absolute atomic E-state index is 0.113. The molecule has 0 amide bonds. The van der Waals surface area contributed by atoms with E-state index in [9.17, 15) is 14.4 Å². The van der Waals surface area contributed by atoms with E-state index in [1.54, 1.807) is 0 Å². The van der Waals surface area contributed by atoms with Crippen LogP contribution < -0.4 is 0 Å². The molecule has 0 spiro atoms. The monoisotopic (exact) mass is 366 g/mol. The maximum atomic E-state index is 12.1. The van der Waals surface area contributed by atoms with Crippen molar-refractivity contribution in [1.82, 2.24) is 0 Å². The number of carbonyl (C=O) groups is 3. The normalized spacial score (nSPS) is 23.7. The Morgan fingerprint density at radius 1 is 1.00 bits per heavy atom. The lowest BCUT2D eigenvalue weighted by molar-refractivity contribution is -0.203. The molecular weight excluding hydrogens is 332 g/mol. The molecule has 0 aromatic rings. The standard InChI is InChI=1S/C21H34O5/c1-14(2)8-5-6-9-15(22)10-7-11-16(17-12-19(23)25-17)21(3,4)18-13-20(24)26-18/h14,16-18H,5-13H2,1-4H3. The SMILES string of the molecule is CC(C)CCCCC(=O)CCCC(C1CC(=O)O1)C(C)(C)C1CC(=O)O1. The molecule has 0 bridgehead atoms. The van der Waals surface area contributed by atoms with Crippen LogP contribution in [-0.2, 0) is 23.9 Å². The van der Waals surface area contributed by atoms with Crippen LogP contribution >= 0.6 is 0 Å². The summed E-state index contributed by atoms with van der Waals surface area (Å²) in [5, 5.41) is 0. The van der Waals surface area contributed by atoms with Crippen LogP contribution in [0.2, 0.25) is 0 Å². The molecule has 5 heteroatoms. The quantitative estimate of drug-likeness (QED) is 0.382. The van der Waals surface area contributed by atoms with E-state index >= 15 is 0 Å². The number of unbranched alkanes of at least 4 members (excludes halogenated alkanes) is 1. The van der Waals surface area contributed by atoms with Crippen molar-refractivity contribution < 1.29 is 23.9 Å². The summed E-state index contributed by atoms with van der Waals surface area (Å²) in [6, 6.07) is 0. The van der Waals surface area contributed by atoms with Crippen molar-refractivity contribution in [1.29, 1.82) is 0 Å². The number of hydrogen-bond acceptors (Lipinski definition) is 5. The van der Waals surface area contributed by atoms with Crippen LogP contribution in [0.1, 0.15) is 85.5 Å². The second-order valence-corrected chi connectivity index (χ2v) is 8.91. The number of ether oxygens (including phenoxy) is 2. The highest BCUT2D eigenvalue weighted by molar-refractivity contribution is 5.78. The van der Waals surface area contributed by atoms with Gasteiger partial charge in [0.15, 0.2) is 0 Å². The number of esters is 2. The Morgan fingerprint density at radius 2 is 1.58 bits per heavy atom. The van der Waals surface area contributed by atoms with Crippen molar-refractivity contribution >= 4 is 17.7 Å². The molecule has 0 aromatic heterocycles. The average molecular weight is 366 g/mol. The van der Waals surface area contributed by atoms with Gasteiger partial charge in [-0.2, -0.15) is 0 Å². The molecule has 2 heterocycles. The van der Waals surface area contributed by atoms with Crippen molar-refractivity contribution in [3.63, 3.8) is 0 Å². The summed E-state index contributed by atoms with van der Waals surface area (Å²) in [6.45, 7) is 8.57. The van der Waals surface area contributed by atoms with E-state index in [0.717, 1.165) is 25.7 Å². The van der Waals surface area contributed by atoms with Gasteiger partial charge in [0, 0.05) is 24.2 Å². The molecule has 5 nitrogen and oxygen atoms in total. The van der Waals surface area contributed by atoms with E-state index in [0.29, 0.717) is 37.4 Å². The zero-order valence-electron chi connectivity index (χ0n) is 16.7. The maximum absolute atomic E-state index is 12.1. The van der Waals surface area contributed by atoms with Gasteiger partial charge in [0.2, 0.25) is 0 Å². The highest BCUT2D eigenvalue weighted by Gasteiger charge is 2.51. The van der Waals surface area contributed by atoms with Crippen molar-refractivity contribution in [3.05, 3.63) is 0 Å². The molecule has 26 heavy (non-hydrogen) atoms. The van der Waals surface area contributed by atoms with Crippen LogP contribution in [0, 0.1) is 17.3 Å². The lowest BCUT2D eigenvalue weighted by atomic mass is 9.66. The molecular formula is C21H34O5. The maximum Gasteiger partial charge on any atom is 0.309 e. The highest BCUT2D eigenvalue weighted by atomic mass is 16.6. The van der Waals surface area contributed by atoms with Crippen LogP contribution in [0.5, 0.6) is 0 Å². The van der Waals surface area contributed by atoms with E-state index in [1.807, 2.05) is 0 Å². The first kappa shape index (κ1) is 20.9. The summed E-state index contributed by atoms with van der Waals surface area (Å²) in [5.74, 6) is 0.809. The fraction of sp³-hybridized carbons (Fsp3) is 0.857. The number of rotatable bonds is 12. The largest absolute Gasteiger partial charge is 0.461 e. The smallest absolute Gasteiger partial charge is 0.309 e. The minimum atomic E-state index is -0.250. The van der Waals surface area contributed by atoms with Crippen LogP contribution in [0.4, 0.5) is 0 Å². The molecule has 148 valence electrons. The predicted octanol–water partition coefficient (Wildman–Crippen LogP) is 4.22. The zero-order valence-corrected chi connectivity index (χ0v) is 16.7. The topological polar surface area (TPSA) is 69.7 Å². The van der Waals surface area contributed by atoms with Crippen LogP contribution in [0.3, 0.4) is 0 Å². The first-order valence-electron chi connectivity index (χ1n) is 10.1. The molecule has 0 N–H and O–H groups in total. The van der Waals surface area contributed by atoms with Gasteiger partial charge in [-0.25, -0.2) is 0 Å². The molecule has 0 saturated carbocycles. The molecule has 2 rings (SSSR count). The van der Waals surface area contributed by atoms with Crippen LogP contribution in [0.25, 0.3) is 0 Å². The summed E-state index contributed by atoms with van der Waals surface area (Å²) >= 11 is 0. The third kappa shape index (κ3) is 5.55. The van der Waals surface area contributed by atoms with Gasteiger partial charge < -0.3 is 9.47 Å². The van der Waals surface area contributed by atoms with Gasteiger partial charge >= 0.3 is 11.9 Å². The van der Waals surface area contributed by atoms with E-state index in [2.05, 4.69) is 27.7 Å². The zero-order chi connectivity index (χ0) is 19.3. The Bertz CT molecular complexity index is 506. The molecule has 3 atom stereocenters. The molecule has 0 aliphatic carbocycles. The summed E-state index contributed by atoms with van der Waals surface area (Å²) < 4.78 is 10.6. The van der Waals surface area contributed by atoms with Gasteiger partial charge in [0.1, 0.15) is 18.0 Å². The predicted molar refractivity (Wildman–Crippen MR) is 98.4 cm³/mol. The summed E-state index contributed by atoms with van der Waals surface area (Å²) in [7, 11) is 0. The minimum Gasteiger partial charge on any atom is -0.461 e. The Hall–Kier alpha value is -1.39. The number of hydrogen-bond donors (Lipinski definition) is 0. The van der Waals surface area contributed by atoms with Gasteiger partial charge in [-0.3, -0.25) is 14.4 Å². The van der Waals surface area contributed by atoms with Crippen molar-refractivity contribution in [2.24, 2.45) is 17.3 Å². The third-order valence-electron chi connectivity index (χ3n) is 5.97. The molecule has 2 fully saturated rings. The summed E-state index contributed by atoms with van der Waals surface area (Å²) in [6.07, 6.45) is 6.76. The number of ketones is 1. The van der Waals surface area contributed by atoms with E-state index < -0.39 is 0 Å². The third-order valence-corrected chi connectivity index (χ3v) is 5.97. The van der Waals surface area contributed by atoms with E-state index in [1.165, 1.54) is 6.42 Å². The average Bonchev–Trinajstić information content (AvgIpc) is 2.49. The molecule has 2 saturated heterocycles. The number of Topliss-reactive ketones (excluding diaryl/α,β-unsaturated/α-hetero) is 1. The Morgan fingerprint density at radius 3 is 2.12 bits per heavy atom. The van der Waals surface area contributed by atoms with Gasteiger partial charge in [0.05, 0.1) is 12.8 Å². The molecule has 2 aliphatic heterocycles. The van der Waals surface area contributed by atoms with Crippen molar-refractivity contribution in [2.75, 3.05) is 0 Å². The van der Waals surface area contributed by atoms with Crippen LogP contribution in [-0.4, -0.2) is 29.9 Å². The van der Waals surface area contributed by atoms with E-state index in [4.69, 9.17) is 9.47 Å². The summed E-state index contributed by atoms with van der Waals surface area (Å²) in [5.41, 5.74) is -0.250. The second kappa shape index (κ2) is 9.01. The first-order chi connectivity index (χ1) is 12.2. The van der Waals surface area contributed by atoms with Crippen molar-refractivity contribution in [3.8, 4) is 0 Å². The van der Waals surface area contributed by atoms with Gasteiger partial charge in [0.25, 0.3) is 0 Å². The van der Waals surface area contributed by atoms with Gasteiger partial charge in [-0.05, 0) is 25.2 Å². The molecule has 2 aliphatic rings. The lowest BCUT2D eigenvalue weighted by Gasteiger charge is -2.48. The molecule has 0 aromatic carbocycles. The first-order valence-corrected chi connectivity index (χ1v) is 10.1. The van der Waals surface area contributed by atoms with Gasteiger partial charge in [-0.1, -0.05) is 40.5 Å². The van der Waals surface area contributed by atoms with Gasteiger partial charge in [-0.15, -0.1) is 0 Å². The fourth-order valence-electron chi connectivity index (χ4n) is 4.06. The van der Waals surface area contributed by atoms with Crippen LogP contribution in [0.15, 0.2) is 0 Å². The Balaban J connectivity index is 1.77. The Labute approximate surface area is 157 Å². The lowest BCUT2D eigenvalue weighted by Crippen LogP contribution is -2.54. The van der Waals surface area contributed by atoms with Crippen molar-refractivity contribution in [2.45, 2.75) is 97.7 Å². The second-order valence-electron chi connectivity index (χ2n) is 8.91.